The summed E-state index contributed by atoms with van der Waals surface area (Å²) in [4.78, 5) is 16.1. The van der Waals surface area contributed by atoms with Crippen molar-refractivity contribution in [3.8, 4) is 0 Å². The van der Waals surface area contributed by atoms with Crippen molar-refractivity contribution < 1.29 is 9.53 Å². The van der Waals surface area contributed by atoms with E-state index >= 15 is 0 Å². The number of morpholine rings is 1. The molecule has 0 radical (unpaired) electrons. The lowest BCUT2D eigenvalue weighted by Gasteiger charge is -2.27. The summed E-state index contributed by atoms with van der Waals surface area (Å²) >= 11 is 1.86. The van der Waals surface area contributed by atoms with Crippen LogP contribution in [0.2, 0.25) is 0 Å². The molecule has 0 spiro atoms. The third-order valence-corrected chi connectivity index (χ3v) is 6.34. The summed E-state index contributed by atoms with van der Waals surface area (Å²) in [7, 11) is 0. The maximum atomic E-state index is 12.4. The van der Waals surface area contributed by atoms with Gasteiger partial charge >= 0.3 is 6.03 Å². The van der Waals surface area contributed by atoms with Gasteiger partial charge in [0.2, 0.25) is 0 Å². The van der Waals surface area contributed by atoms with Crippen LogP contribution in [0.3, 0.4) is 0 Å². The first-order chi connectivity index (χ1) is 13.8. The second-order valence-corrected chi connectivity index (χ2v) is 8.40. The number of benzene rings is 2. The zero-order valence-electron chi connectivity index (χ0n) is 16.0. The van der Waals surface area contributed by atoms with Crippen molar-refractivity contribution in [1.29, 1.82) is 0 Å². The lowest BCUT2D eigenvalue weighted by atomic mass is 10.0. The molecule has 5 nitrogen and oxygen atoms in total. The van der Waals surface area contributed by atoms with E-state index in [1.54, 1.807) is 0 Å². The highest BCUT2D eigenvalue weighted by Crippen LogP contribution is 2.35. The Morgan fingerprint density at radius 2 is 1.93 bits per heavy atom. The van der Waals surface area contributed by atoms with E-state index in [0.29, 0.717) is 6.54 Å². The monoisotopic (exact) mass is 397 g/mol. The van der Waals surface area contributed by atoms with Crippen LogP contribution in [0.1, 0.15) is 29.2 Å². The van der Waals surface area contributed by atoms with E-state index in [2.05, 4.69) is 58.0 Å². The molecule has 4 rings (SSSR count). The lowest BCUT2D eigenvalue weighted by Crippen LogP contribution is -2.38. The van der Waals surface area contributed by atoms with E-state index in [1.807, 2.05) is 17.8 Å². The van der Waals surface area contributed by atoms with Gasteiger partial charge in [-0.2, -0.15) is 0 Å². The Bertz CT molecular complexity index is 808. The number of urea groups is 1. The molecule has 0 aliphatic carbocycles. The minimum absolute atomic E-state index is 0.0881. The SMILES string of the molecule is O=C(NCc1cccc(CN2CCOCC2)c1)N[C@@H]1CCSc2ccccc21. The van der Waals surface area contributed by atoms with E-state index in [4.69, 9.17) is 4.74 Å². The van der Waals surface area contributed by atoms with E-state index in [-0.39, 0.29) is 12.1 Å². The van der Waals surface area contributed by atoms with Gasteiger partial charge in [-0.25, -0.2) is 4.79 Å². The summed E-state index contributed by atoms with van der Waals surface area (Å²) in [6.07, 6.45) is 0.962. The van der Waals surface area contributed by atoms with Crippen LogP contribution < -0.4 is 10.6 Å². The van der Waals surface area contributed by atoms with Gasteiger partial charge in [0.25, 0.3) is 0 Å². The van der Waals surface area contributed by atoms with Crippen LogP contribution >= 0.6 is 11.8 Å². The Morgan fingerprint density at radius 3 is 2.82 bits per heavy atom. The van der Waals surface area contributed by atoms with Crippen LogP contribution in [-0.2, 0) is 17.8 Å². The molecule has 2 aromatic rings. The lowest BCUT2D eigenvalue weighted by molar-refractivity contribution is 0.0342. The predicted octanol–water partition coefficient (Wildman–Crippen LogP) is 3.56. The molecule has 148 valence electrons. The molecular weight excluding hydrogens is 370 g/mol. The second-order valence-electron chi connectivity index (χ2n) is 7.26. The summed E-state index contributed by atoms with van der Waals surface area (Å²) < 4.78 is 5.41. The molecule has 2 aromatic carbocycles. The van der Waals surface area contributed by atoms with Gasteiger partial charge in [0.15, 0.2) is 0 Å². The first-order valence-corrected chi connectivity index (χ1v) is 10.9. The average molecular weight is 398 g/mol. The van der Waals surface area contributed by atoms with Crippen molar-refractivity contribution >= 4 is 17.8 Å². The van der Waals surface area contributed by atoms with Crippen LogP contribution in [0.15, 0.2) is 53.4 Å². The van der Waals surface area contributed by atoms with Crippen LogP contribution in [-0.4, -0.2) is 43.0 Å². The highest BCUT2D eigenvalue weighted by Gasteiger charge is 2.21. The summed E-state index contributed by atoms with van der Waals surface area (Å²) in [5.74, 6) is 1.03. The van der Waals surface area contributed by atoms with E-state index in [9.17, 15) is 4.79 Å². The molecule has 28 heavy (non-hydrogen) atoms. The number of carbonyl (C=O) groups is 1. The van der Waals surface area contributed by atoms with Gasteiger partial charge < -0.3 is 15.4 Å². The minimum atomic E-state index is -0.106. The van der Waals surface area contributed by atoms with Crippen LogP contribution in [0.4, 0.5) is 4.79 Å². The second kappa shape index (κ2) is 9.45. The Kier molecular flexibility index (Phi) is 6.52. The molecule has 0 bridgehead atoms. The number of nitrogens with zero attached hydrogens (tertiary/aromatic N) is 1. The molecule has 2 aliphatic heterocycles. The molecule has 1 fully saturated rings. The third kappa shape index (κ3) is 5.07. The standard InChI is InChI=1S/C22H27N3O2S/c26-22(24-20-8-13-28-21-7-2-1-6-19(20)21)23-15-17-4-3-5-18(14-17)16-25-9-11-27-12-10-25/h1-7,14,20H,8-13,15-16H2,(H2,23,24,26)/t20-/m1/s1. The molecule has 6 heteroatoms. The zero-order chi connectivity index (χ0) is 19.2. The number of thioether (sulfide) groups is 1. The van der Waals surface area contributed by atoms with Gasteiger partial charge in [-0.1, -0.05) is 42.5 Å². The molecule has 0 saturated carbocycles. The summed E-state index contributed by atoms with van der Waals surface area (Å²) in [6.45, 7) is 5.04. The van der Waals surface area contributed by atoms with Gasteiger partial charge in [-0.3, -0.25) is 4.90 Å². The summed E-state index contributed by atoms with van der Waals surface area (Å²) in [5, 5.41) is 6.16. The predicted molar refractivity (Wildman–Crippen MR) is 112 cm³/mol. The largest absolute Gasteiger partial charge is 0.379 e. The normalized spacial score (nSPS) is 19.6. The fraction of sp³-hybridized carbons (Fsp3) is 0.409. The quantitative estimate of drug-likeness (QED) is 0.810. The highest BCUT2D eigenvalue weighted by molar-refractivity contribution is 7.99. The van der Waals surface area contributed by atoms with Gasteiger partial charge in [-0.05, 0) is 29.2 Å². The van der Waals surface area contributed by atoms with Gasteiger partial charge in [0.1, 0.15) is 0 Å². The van der Waals surface area contributed by atoms with E-state index < -0.39 is 0 Å². The fourth-order valence-corrected chi connectivity index (χ4v) is 4.86. The number of carbonyl (C=O) groups excluding carboxylic acids is 1. The molecule has 2 aliphatic rings. The van der Waals surface area contributed by atoms with Crippen molar-refractivity contribution in [1.82, 2.24) is 15.5 Å². The number of rotatable bonds is 5. The molecule has 1 atom stereocenters. The molecule has 1 saturated heterocycles. The Hall–Kier alpha value is -2.02. The molecule has 2 N–H and O–H groups in total. The van der Waals surface area contributed by atoms with Crippen molar-refractivity contribution in [3.05, 3.63) is 65.2 Å². The average Bonchev–Trinajstić information content (AvgIpc) is 2.74. The topological polar surface area (TPSA) is 53.6 Å². The Balaban J connectivity index is 1.30. The van der Waals surface area contributed by atoms with Gasteiger partial charge in [-0.15, -0.1) is 11.8 Å². The number of amides is 2. The van der Waals surface area contributed by atoms with Crippen molar-refractivity contribution in [3.63, 3.8) is 0 Å². The number of hydrogen-bond acceptors (Lipinski definition) is 4. The minimum Gasteiger partial charge on any atom is -0.379 e. The third-order valence-electron chi connectivity index (χ3n) is 5.22. The van der Waals surface area contributed by atoms with Crippen molar-refractivity contribution in [2.24, 2.45) is 0 Å². The van der Waals surface area contributed by atoms with E-state index in [0.717, 1.165) is 50.6 Å². The fourth-order valence-electron chi connectivity index (χ4n) is 3.74. The Morgan fingerprint density at radius 1 is 1.11 bits per heavy atom. The smallest absolute Gasteiger partial charge is 0.315 e. The molecule has 2 heterocycles. The Labute approximate surface area is 170 Å². The molecule has 0 unspecified atom stereocenters. The van der Waals surface area contributed by atoms with Crippen molar-refractivity contribution in [2.45, 2.75) is 30.4 Å². The maximum absolute atomic E-state index is 12.4. The number of hydrogen-bond donors (Lipinski definition) is 2. The summed E-state index contributed by atoms with van der Waals surface area (Å²) in [5.41, 5.74) is 3.63. The molecule has 2 amide bonds. The van der Waals surface area contributed by atoms with E-state index in [1.165, 1.54) is 16.0 Å². The number of fused-ring (bicyclic) bond motifs is 1. The first-order valence-electron chi connectivity index (χ1n) is 9.92. The first kappa shape index (κ1) is 19.3. The number of nitrogens with one attached hydrogen (secondary N) is 2. The summed E-state index contributed by atoms with van der Waals surface area (Å²) in [6, 6.07) is 16.8. The van der Waals surface area contributed by atoms with Gasteiger partial charge in [0, 0.05) is 36.8 Å². The van der Waals surface area contributed by atoms with Crippen LogP contribution in [0, 0.1) is 0 Å². The molecule has 0 aromatic heterocycles. The molecular formula is C22H27N3O2S. The highest BCUT2D eigenvalue weighted by atomic mass is 32.2. The van der Waals surface area contributed by atoms with Gasteiger partial charge in [0.05, 0.1) is 19.3 Å². The van der Waals surface area contributed by atoms with Crippen molar-refractivity contribution in [2.75, 3.05) is 32.1 Å². The van der Waals surface area contributed by atoms with Crippen LogP contribution in [0.5, 0.6) is 0 Å². The number of ether oxygens (including phenoxy) is 1. The zero-order valence-corrected chi connectivity index (χ0v) is 16.8. The maximum Gasteiger partial charge on any atom is 0.315 e. The van der Waals surface area contributed by atoms with Crippen LogP contribution in [0.25, 0.3) is 0 Å².